The zero-order chi connectivity index (χ0) is 0. The fourth-order valence-corrected chi connectivity index (χ4v) is 0. The van der Waals surface area contributed by atoms with E-state index in [4.69, 9.17) is 0 Å². The SMILES string of the molecule is [Bi+3].[Bi+3].[Hf+4].[Hf+4].[O-2].[O-2].[O-2].[O-2].[O-2].[O-2].[O-2].[O-2].[O-2].[O-2].[O-2].[Zr+4].[Zr+4]. The molecule has 0 amide bonds. The normalized spacial score (nSPS) is 0. The summed E-state index contributed by atoms with van der Waals surface area (Å²) < 4.78 is 0. The summed E-state index contributed by atoms with van der Waals surface area (Å²) in [5.74, 6) is 0. The molecule has 0 unspecified atom stereocenters. The Bertz CT molecular complexity index is 25.4. The Kier molecular flexibility index (Phi) is 8370. The number of hydrogen-bond donors (Lipinski definition) is 0. The molecule has 11 nitrogen and oxygen atoms in total. The van der Waals surface area contributed by atoms with Crippen molar-refractivity contribution in [3.63, 3.8) is 0 Å². The van der Waals surface area contributed by atoms with Crippen LogP contribution in [-0.2, 0) is 164 Å². The molecule has 92 valence electrons. The Morgan fingerprint density at radius 3 is 0.235 bits per heavy atom. The van der Waals surface area contributed by atoms with Crippen LogP contribution in [0.2, 0.25) is 0 Å². The average molecular weight is 1130 g/mol. The monoisotopic (exact) mass is 1130 g/mol. The largest absolute Gasteiger partial charge is 4.00 e. The van der Waals surface area contributed by atoms with Crippen molar-refractivity contribution in [2.24, 2.45) is 0 Å². The minimum atomic E-state index is 0. The van der Waals surface area contributed by atoms with E-state index >= 15 is 0 Å². The summed E-state index contributed by atoms with van der Waals surface area (Å²) in [6.45, 7) is 0. The quantitative estimate of drug-likeness (QED) is 0.236. The third-order valence-electron chi connectivity index (χ3n) is 0. The van der Waals surface area contributed by atoms with Crippen molar-refractivity contribution in [3.05, 3.63) is 0 Å². The summed E-state index contributed by atoms with van der Waals surface area (Å²) in [5.41, 5.74) is 0. The molecule has 0 aliphatic heterocycles. The maximum Gasteiger partial charge on any atom is 4.00 e. The molecule has 0 atom stereocenters. The number of rotatable bonds is 0. The molecule has 0 aromatic carbocycles. The van der Waals surface area contributed by atoms with Crippen LogP contribution in [0.3, 0.4) is 0 Å². The van der Waals surface area contributed by atoms with E-state index in [2.05, 4.69) is 0 Å². The van der Waals surface area contributed by atoms with Gasteiger partial charge in [0.1, 0.15) is 0 Å². The molecule has 0 saturated carbocycles. The van der Waals surface area contributed by atoms with E-state index in [0.717, 1.165) is 0 Å². The molecule has 0 aliphatic carbocycles. The first-order chi connectivity index (χ1) is 0. The Morgan fingerprint density at radius 2 is 0.235 bits per heavy atom. The van der Waals surface area contributed by atoms with Gasteiger partial charge in [0.05, 0.1) is 0 Å². The number of hydrogen-bond acceptors (Lipinski definition) is 0. The third kappa shape index (κ3) is 316. The van der Waals surface area contributed by atoms with Gasteiger partial charge in [0.2, 0.25) is 0 Å². The second kappa shape index (κ2) is 351. The molecule has 0 spiro atoms. The predicted octanol–water partition coefficient (Wildman–Crippen LogP) is -2.08. The summed E-state index contributed by atoms with van der Waals surface area (Å²) in [6, 6.07) is 0. The Hall–Kier alpha value is 4.83. The van der Waals surface area contributed by atoms with Crippen LogP contribution in [0.1, 0.15) is 0 Å². The molecule has 0 bridgehead atoms. The van der Waals surface area contributed by atoms with Crippen LogP contribution in [-0.4, -0.2) is 52.4 Å². The van der Waals surface area contributed by atoms with Gasteiger partial charge in [-0.15, -0.1) is 0 Å². The summed E-state index contributed by atoms with van der Waals surface area (Å²) >= 11 is 0. The Labute approximate surface area is 212 Å². The molecule has 0 aromatic rings. The van der Waals surface area contributed by atoms with Crippen LogP contribution in [0.4, 0.5) is 0 Å². The van der Waals surface area contributed by atoms with Crippen molar-refractivity contribution in [1.82, 2.24) is 0 Å². The minimum Gasteiger partial charge on any atom is -2.00 e. The van der Waals surface area contributed by atoms with Crippen LogP contribution in [0.5, 0.6) is 0 Å². The molecule has 0 heterocycles. The van der Waals surface area contributed by atoms with Gasteiger partial charge >= 0.3 is 157 Å². The molecule has 17 heavy (non-hydrogen) atoms. The first kappa shape index (κ1) is 406. The van der Waals surface area contributed by atoms with Gasteiger partial charge in [-0.05, 0) is 0 Å². The van der Waals surface area contributed by atoms with Crippen molar-refractivity contribution < 1.29 is 164 Å². The van der Waals surface area contributed by atoms with E-state index < -0.39 is 0 Å². The first-order valence-corrected chi connectivity index (χ1v) is 0. The van der Waals surface area contributed by atoms with E-state index in [1.807, 2.05) is 0 Å². The molecule has 0 N–H and O–H groups in total. The summed E-state index contributed by atoms with van der Waals surface area (Å²) in [6.07, 6.45) is 0. The van der Waals surface area contributed by atoms with Crippen molar-refractivity contribution >= 4 is 52.4 Å². The summed E-state index contributed by atoms with van der Waals surface area (Å²) in [7, 11) is 0. The predicted molar refractivity (Wildman–Crippen MR) is 19.1 cm³/mol. The van der Waals surface area contributed by atoms with Gasteiger partial charge in [-0.25, -0.2) is 0 Å². The van der Waals surface area contributed by atoms with Crippen LogP contribution in [0.15, 0.2) is 0 Å². The molecular formula is Bi2Hf2O11Zr2. The Morgan fingerprint density at radius 1 is 0.235 bits per heavy atom. The van der Waals surface area contributed by atoms with Gasteiger partial charge in [-0.1, -0.05) is 0 Å². The van der Waals surface area contributed by atoms with Crippen LogP contribution in [0.25, 0.3) is 0 Å². The maximum absolute atomic E-state index is 0. The Balaban J connectivity index is 0. The van der Waals surface area contributed by atoms with Gasteiger partial charge in [0.25, 0.3) is 0 Å². The van der Waals surface area contributed by atoms with Crippen LogP contribution < -0.4 is 0 Å². The maximum atomic E-state index is 0. The standard InChI is InChI=1S/2Bi.2Hf.11O.2Zr/q2*+3;2*+4;11*-2;2*+4. The van der Waals surface area contributed by atoms with E-state index in [1.54, 1.807) is 0 Å². The van der Waals surface area contributed by atoms with E-state index in [9.17, 15) is 0 Å². The van der Waals surface area contributed by atoms with Crippen molar-refractivity contribution in [3.8, 4) is 0 Å². The molecule has 0 aliphatic rings. The van der Waals surface area contributed by atoms with E-state index in [0.29, 0.717) is 0 Å². The third-order valence-corrected chi connectivity index (χ3v) is 0. The fraction of sp³-hybridized carbons (Fsp3) is 0. The molecule has 0 rings (SSSR count). The second-order valence-electron chi connectivity index (χ2n) is 0. The van der Waals surface area contributed by atoms with Crippen LogP contribution in [0, 0.1) is 0 Å². The van der Waals surface area contributed by atoms with E-state index in [1.165, 1.54) is 0 Å². The smallest absolute Gasteiger partial charge is 2.00 e. The van der Waals surface area contributed by atoms with Crippen molar-refractivity contribution in [1.29, 1.82) is 0 Å². The molecule has 0 aromatic heterocycles. The van der Waals surface area contributed by atoms with Gasteiger partial charge in [-0.2, -0.15) is 0 Å². The molecular weight excluding hydrogens is 1130 g/mol. The fourth-order valence-electron chi connectivity index (χ4n) is 0. The average Bonchev–Trinajstić information content (AvgIpc) is 0. The summed E-state index contributed by atoms with van der Waals surface area (Å²) in [5, 5.41) is 0. The molecule has 0 fully saturated rings. The molecule has 17 heteroatoms. The molecule has 0 saturated heterocycles. The van der Waals surface area contributed by atoms with Gasteiger partial charge in [-0.3, -0.25) is 0 Å². The minimum absolute atomic E-state index is 0. The second-order valence-corrected chi connectivity index (χ2v) is 0. The van der Waals surface area contributed by atoms with Crippen LogP contribution >= 0.6 is 0 Å². The van der Waals surface area contributed by atoms with Crippen molar-refractivity contribution in [2.75, 3.05) is 0 Å². The zero-order valence-corrected chi connectivity index (χ0v) is 26.4. The van der Waals surface area contributed by atoms with Crippen molar-refractivity contribution in [2.45, 2.75) is 0 Å². The topological polar surface area (TPSA) is 314 Å². The zero-order valence-electron chi connectivity index (χ0n) is 7.39. The summed E-state index contributed by atoms with van der Waals surface area (Å²) in [4.78, 5) is 0. The van der Waals surface area contributed by atoms with Gasteiger partial charge in [0, 0.05) is 0 Å². The van der Waals surface area contributed by atoms with Gasteiger partial charge < -0.3 is 60.2 Å². The first-order valence-electron chi connectivity index (χ1n) is 0. The molecule has 4 radical (unpaired) electrons. The van der Waals surface area contributed by atoms with Gasteiger partial charge in [0.15, 0.2) is 0 Å². The van der Waals surface area contributed by atoms with E-state index in [-0.39, 0.29) is 217 Å².